The molecule has 0 saturated carbocycles. The zero-order valence-electron chi connectivity index (χ0n) is 10.7. The van der Waals surface area contributed by atoms with Crippen LogP contribution in [0.25, 0.3) is 5.57 Å². The molecule has 1 aromatic heterocycles. The van der Waals surface area contributed by atoms with Crippen molar-refractivity contribution in [2.75, 3.05) is 13.1 Å². The first kappa shape index (κ1) is 12.2. The Bertz CT molecular complexity index is 481. The Morgan fingerprint density at radius 1 is 1.39 bits per heavy atom. The number of allylic oxidation sites excluding steroid dienone is 2. The molecule has 0 spiro atoms. The van der Waals surface area contributed by atoms with Crippen LogP contribution in [0.5, 0.6) is 0 Å². The molecule has 0 unspecified atom stereocenters. The average Bonchev–Trinajstić information content (AvgIpc) is 2.41. The molecule has 0 radical (unpaired) electrons. The minimum Gasteiger partial charge on any atom is -0.316 e. The van der Waals surface area contributed by atoms with Crippen molar-refractivity contribution in [3.63, 3.8) is 0 Å². The molecule has 96 valence electrons. The lowest BCUT2D eigenvalue weighted by molar-refractivity contribution is 0.252. The zero-order chi connectivity index (χ0) is 12.5. The summed E-state index contributed by atoms with van der Waals surface area (Å²) < 4.78 is 0. The van der Waals surface area contributed by atoms with Crippen LogP contribution in [0.3, 0.4) is 0 Å². The first-order valence-corrected chi connectivity index (χ1v) is 7.14. The molecule has 0 bridgehead atoms. The van der Waals surface area contributed by atoms with E-state index in [1.54, 1.807) is 0 Å². The molecule has 2 atom stereocenters. The van der Waals surface area contributed by atoms with Gasteiger partial charge in [0.1, 0.15) is 5.15 Å². The molecule has 0 amide bonds. The summed E-state index contributed by atoms with van der Waals surface area (Å²) >= 11 is 5.99. The first-order valence-electron chi connectivity index (χ1n) is 6.76. The van der Waals surface area contributed by atoms with Gasteiger partial charge in [-0.2, -0.15) is 0 Å². The number of rotatable bonds is 1. The Balaban J connectivity index is 1.84. The summed E-state index contributed by atoms with van der Waals surface area (Å²) in [6.45, 7) is 4.38. The van der Waals surface area contributed by atoms with Crippen LogP contribution in [0.4, 0.5) is 0 Å². The third kappa shape index (κ3) is 2.32. The third-order valence-corrected chi connectivity index (χ3v) is 4.70. The molecule has 18 heavy (non-hydrogen) atoms. The van der Waals surface area contributed by atoms with Crippen molar-refractivity contribution in [1.82, 2.24) is 10.3 Å². The summed E-state index contributed by atoms with van der Waals surface area (Å²) in [6, 6.07) is 2.16. The summed E-state index contributed by atoms with van der Waals surface area (Å²) in [6.07, 6.45) is 8.06. The number of aryl methyl sites for hydroxylation is 1. The van der Waals surface area contributed by atoms with Crippen LogP contribution >= 0.6 is 11.6 Å². The minimum absolute atomic E-state index is 0.618. The second-order valence-corrected chi connectivity index (χ2v) is 5.87. The number of aromatic nitrogens is 1. The normalized spacial score (nSPS) is 27.6. The molecule has 3 rings (SSSR count). The molecule has 3 heteroatoms. The van der Waals surface area contributed by atoms with Crippen molar-refractivity contribution < 1.29 is 0 Å². The Morgan fingerprint density at radius 3 is 3.11 bits per heavy atom. The van der Waals surface area contributed by atoms with Crippen molar-refractivity contribution in [3.8, 4) is 0 Å². The number of nitrogens with zero attached hydrogens (tertiary/aromatic N) is 1. The number of pyridine rings is 1. The van der Waals surface area contributed by atoms with E-state index in [0.29, 0.717) is 5.15 Å². The van der Waals surface area contributed by atoms with Gasteiger partial charge in [0.05, 0.1) is 0 Å². The van der Waals surface area contributed by atoms with Gasteiger partial charge in [-0.25, -0.2) is 4.98 Å². The van der Waals surface area contributed by atoms with Crippen LogP contribution in [-0.2, 0) is 0 Å². The number of piperidine rings is 1. The molecule has 1 saturated heterocycles. The van der Waals surface area contributed by atoms with E-state index in [9.17, 15) is 0 Å². The van der Waals surface area contributed by atoms with E-state index in [2.05, 4.69) is 22.4 Å². The van der Waals surface area contributed by atoms with E-state index in [1.165, 1.54) is 43.5 Å². The summed E-state index contributed by atoms with van der Waals surface area (Å²) in [5.41, 5.74) is 3.77. The smallest absolute Gasteiger partial charge is 0.131 e. The molecule has 2 heterocycles. The molecule has 0 aromatic carbocycles. The summed E-state index contributed by atoms with van der Waals surface area (Å²) in [5.74, 6) is 1.69. The van der Waals surface area contributed by atoms with Crippen molar-refractivity contribution in [2.24, 2.45) is 11.8 Å². The van der Waals surface area contributed by atoms with Gasteiger partial charge in [-0.3, -0.25) is 0 Å². The van der Waals surface area contributed by atoms with Gasteiger partial charge in [-0.05, 0) is 73.9 Å². The fourth-order valence-corrected chi connectivity index (χ4v) is 3.26. The van der Waals surface area contributed by atoms with Gasteiger partial charge in [-0.15, -0.1) is 0 Å². The minimum atomic E-state index is 0.618. The molecule has 1 fully saturated rings. The van der Waals surface area contributed by atoms with Gasteiger partial charge in [0.25, 0.3) is 0 Å². The molecule has 1 aromatic rings. The lowest BCUT2D eigenvalue weighted by atomic mass is 9.75. The quantitative estimate of drug-likeness (QED) is 0.785. The predicted octanol–water partition coefficient (Wildman–Crippen LogP) is 3.45. The molecule has 2 nitrogen and oxygen atoms in total. The maximum atomic E-state index is 5.99. The average molecular weight is 263 g/mol. The number of hydrogen-bond donors (Lipinski definition) is 1. The Hall–Kier alpha value is -0.860. The van der Waals surface area contributed by atoms with E-state index in [4.69, 9.17) is 11.6 Å². The molecule has 2 aliphatic rings. The largest absolute Gasteiger partial charge is 0.316 e. The second-order valence-electron chi connectivity index (χ2n) is 5.51. The van der Waals surface area contributed by atoms with E-state index < -0.39 is 0 Å². The molecular weight excluding hydrogens is 244 g/mol. The number of nitrogens with one attached hydrogen (secondary N) is 1. The standard InChI is InChI=1S/C15H19ClN2/c1-10-6-13(9-18-15(10)16)12-3-2-11-4-5-17-8-14(11)7-12/h3,6,9,11,14,17H,2,4-5,7-8H2,1H3/t11-,14+/m1/s1. The lowest BCUT2D eigenvalue weighted by Crippen LogP contribution is -2.37. The Kier molecular flexibility index (Phi) is 3.40. The van der Waals surface area contributed by atoms with Crippen molar-refractivity contribution in [3.05, 3.63) is 34.6 Å². The lowest BCUT2D eigenvalue weighted by Gasteiger charge is -2.35. The maximum absolute atomic E-state index is 5.99. The van der Waals surface area contributed by atoms with Gasteiger partial charge in [0, 0.05) is 6.20 Å². The SMILES string of the molecule is Cc1cc(C2=CC[C@@H]3CCNC[C@@H]3C2)cnc1Cl. The summed E-state index contributed by atoms with van der Waals surface area (Å²) in [5, 5.41) is 4.13. The van der Waals surface area contributed by atoms with Crippen molar-refractivity contribution in [2.45, 2.75) is 26.2 Å². The van der Waals surface area contributed by atoms with Crippen LogP contribution < -0.4 is 5.32 Å². The van der Waals surface area contributed by atoms with Crippen molar-refractivity contribution in [1.29, 1.82) is 0 Å². The van der Waals surface area contributed by atoms with Crippen LogP contribution in [0.1, 0.15) is 30.4 Å². The zero-order valence-corrected chi connectivity index (χ0v) is 11.5. The maximum Gasteiger partial charge on any atom is 0.131 e. The predicted molar refractivity (Wildman–Crippen MR) is 75.7 cm³/mol. The molecule has 1 aliphatic heterocycles. The van der Waals surface area contributed by atoms with Gasteiger partial charge in [0.2, 0.25) is 0 Å². The van der Waals surface area contributed by atoms with E-state index in [1.807, 2.05) is 13.1 Å². The van der Waals surface area contributed by atoms with E-state index in [-0.39, 0.29) is 0 Å². The van der Waals surface area contributed by atoms with Gasteiger partial charge in [0.15, 0.2) is 0 Å². The molecule has 1 N–H and O–H groups in total. The second kappa shape index (κ2) is 5.02. The highest BCUT2D eigenvalue weighted by Crippen LogP contribution is 2.37. The fourth-order valence-electron chi connectivity index (χ4n) is 3.16. The Morgan fingerprint density at radius 2 is 2.28 bits per heavy atom. The van der Waals surface area contributed by atoms with Crippen LogP contribution in [-0.4, -0.2) is 18.1 Å². The number of halogens is 1. The number of fused-ring (bicyclic) bond motifs is 1. The third-order valence-electron chi connectivity index (χ3n) is 4.30. The topological polar surface area (TPSA) is 24.9 Å². The van der Waals surface area contributed by atoms with Crippen molar-refractivity contribution >= 4 is 17.2 Å². The number of hydrogen-bond acceptors (Lipinski definition) is 2. The fraction of sp³-hybridized carbons (Fsp3) is 0.533. The highest BCUT2D eigenvalue weighted by molar-refractivity contribution is 6.30. The van der Waals surface area contributed by atoms with Gasteiger partial charge in [-0.1, -0.05) is 17.7 Å². The summed E-state index contributed by atoms with van der Waals surface area (Å²) in [7, 11) is 0. The Labute approximate surface area is 113 Å². The first-order chi connectivity index (χ1) is 8.74. The molecule has 1 aliphatic carbocycles. The van der Waals surface area contributed by atoms with E-state index >= 15 is 0 Å². The molecular formula is C15H19ClN2. The van der Waals surface area contributed by atoms with Gasteiger partial charge >= 0.3 is 0 Å². The van der Waals surface area contributed by atoms with Crippen LogP contribution in [0, 0.1) is 18.8 Å². The highest BCUT2D eigenvalue weighted by Gasteiger charge is 2.28. The monoisotopic (exact) mass is 262 g/mol. The highest BCUT2D eigenvalue weighted by atomic mass is 35.5. The van der Waals surface area contributed by atoms with E-state index in [0.717, 1.165) is 17.4 Å². The van der Waals surface area contributed by atoms with Crippen LogP contribution in [0.15, 0.2) is 18.3 Å². The summed E-state index contributed by atoms with van der Waals surface area (Å²) in [4.78, 5) is 4.27. The van der Waals surface area contributed by atoms with Crippen LogP contribution in [0.2, 0.25) is 5.15 Å². The van der Waals surface area contributed by atoms with Gasteiger partial charge < -0.3 is 5.32 Å².